The highest BCUT2D eigenvalue weighted by molar-refractivity contribution is 7.89. The van der Waals surface area contributed by atoms with Crippen molar-refractivity contribution < 1.29 is 13.2 Å². The Kier molecular flexibility index (Phi) is 6.16. The SMILES string of the molecule is O=Cc1ccc(S(=O)(=O)N2CCC(n3c(-c4ccccc4)nc4cc(Cl)cnc43)CC2)cc1Cl. The zero-order valence-corrected chi connectivity index (χ0v) is 20.3. The first kappa shape index (κ1) is 23.0. The van der Waals surface area contributed by atoms with E-state index in [4.69, 9.17) is 28.2 Å². The number of carbonyl (C=O) groups is 1. The minimum Gasteiger partial charge on any atom is -0.305 e. The standard InChI is InChI=1S/C24H20Cl2N4O3S/c25-18-12-22-24(27-14-18)30(23(28-22)16-4-2-1-3-5-16)19-8-10-29(11-9-19)34(32,33)20-7-6-17(15-31)21(26)13-20/h1-7,12-15,19H,8-11H2. The summed E-state index contributed by atoms with van der Waals surface area (Å²) >= 11 is 12.2. The molecule has 0 amide bonds. The Balaban J connectivity index is 1.45. The van der Waals surface area contributed by atoms with Crippen LogP contribution in [0.4, 0.5) is 0 Å². The van der Waals surface area contributed by atoms with Gasteiger partial charge in [-0.05, 0) is 37.1 Å². The van der Waals surface area contributed by atoms with E-state index in [9.17, 15) is 13.2 Å². The number of sulfonamides is 1. The highest BCUT2D eigenvalue weighted by Gasteiger charge is 2.32. The molecule has 2 aromatic heterocycles. The Bertz CT molecular complexity index is 1480. The van der Waals surface area contributed by atoms with Gasteiger partial charge in [0.2, 0.25) is 10.0 Å². The number of piperidine rings is 1. The summed E-state index contributed by atoms with van der Waals surface area (Å²) in [5.41, 5.74) is 2.64. The van der Waals surface area contributed by atoms with Gasteiger partial charge in [-0.2, -0.15) is 4.31 Å². The van der Waals surface area contributed by atoms with Crippen LogP contribution >= 0.6 is 23.2 Å². The predicted molar refractivity (Wildman–Crippen MR) is 132 cm³/mol. The molecule has 1 saturated heterocycles. The molecule has 34 heavy (non-hydrogen) atoms. The zero-order chi connectivity index (χ0) is 23.9. The van der Waals surface area contributed by atoms with Crippen LogP contribution in [0.5, 0.6) is 0 Å². The van der Waals surface area contributed by atoms with Gasteiger partial charge >= 0.3 is 0 Å². The van der Waals surface area contributed by atoms with Gasteiger partial charge in [-0.25, -0.2) is 18.4 Å². The Morgan fingerprint density at radius 3 is 2.41 bits per heavy atom. The molecule has 0 bridgehead atoms. The lowest BCUT2D eigenvalue weighted by Gasteiger charge is -2.32. The number of pyridine rings is 1. The van der Waals surface area contributed by atoms with Crippen molar-refractivity contribution in [1.29, 1.82) is 0 Å². The van der Waals surface area contributed by atoms with Gasteiger partial charge in [0.25, 0.3) is 0 Å². The van der Waals surface area contributed by atoms with Gasteiger partial charge in [0.1, 0.15) is 11.3 Å². The third-order valence-corrected chi connectivity index (χ3v) is 8.48. The lowest BCUT2D eigenvalue weighted by molar-refractivity contribution is 0.112. The summed E-state index contributed by atoms with van der Waals surface area (Å²) in [5, 5.41) is 0.630. The molecule has 1 aliphatic rings. The fourth-order valence-corrected chi connectivity index (χ4v) is 6.29. The van der Waals surface area contributed by atoms with Crippen LogP contribution in [0.2, 0.25) is 10.0 Å². The molecular weight excluding hydrogens is 495 g/mol. The Hall–Kier alpha value is -2.78. The van der Waals surface area contributed by atoms with Crippen LogP contribution in [0.25, 0.3) is 22.6 Å². The molecule has 0 aliphatic carbocycles. The molecule has 0 N–H and O–H groups in total. The summed E-state index contributed by atoms with van der Waals surface area (Å²) < 4.78 is 30.0. The Labute approximate surface area is 207 Å². The molecule has 3 heterocycles. The van der Waals surface area contributed by atoms with Crippen molar-refractivity contribution in [1.82, 2.24) is 18.8 Å². The zero-order valence-electron chi connectivity index (χ0n) is 17.9. The van der Waals surface area contributed by atoms with E-state index in [0.717, 1.165) is 17.0 Å². The third-order valence-electron chi connectivity index (χ3n) is 6.05. The van der Waals surface area contributed by atoms with Gasteiger partial charge in [0, 0.05) is 36.5 Å². The van der Waals surface area contributed by atoms with E-state index >= 15 is 0 Å². The molecular formula is C24H20Cl2N4O3S. The second kappa shape index (κ2) is 9.11. The maximum absolute atomic E-state index is 13.2. The predicted octanol–water partition coefficient (Wildman–Crippen LogP) is 5.24. The summed E-state index contributed by atoms with van der Waals surface area (Å²) in [6.45, 7) is 0.670. The number of fused-ring (bicyclic) bond motifs is 1. The van der Waals surface area contributed by atoms with Crippen LogP contribution in [0.1, 0.15) is 29.2 Å². The molecule has 10 heteroatoms. The van der Waals surface area contributed by atoms with Gasteiger partial charge in [0.15, 0.2) is 11.9 Å². The van der Waals surface area contributed by atoms with E-state index in [-0.39, 0.29) is 21.5 Å². The first-order valence-electron chi connectivity index (χ1n) is 10.7. The maximum atomic E-state index is 13.2. The van der Waals surface area contributed by atoms with Crippen molar-refractivity contribution in [3.63, 3.8) is 0 Å². The van der Waals surface area contributed by atoms with Crippen LogP contribution in [0.15, 0.2) is 65.7 Å². The van der Waals surface area contributed by atoms with Crippen molar-refractivity contribution in [2.75, 3.05) is 13.1 Å². The third kappa shape index (κ3) is 4.11. The van der Waals surface area contributed by atoms with E-state index in [0.29, 0.717) is 42.8 Å². The molecule has 2 aromatic carbocycles. The average molecular weight is 515 g/mol. The lowest BCUT2D eigenvalue weighted by atomic mass is 10.1. The molecule has 0 unspecified atom stereocenters. The number of hydrogen-bond donors (Lipinski definition) is 0. The largest absolute Gasteiger partial charge is 0.305 e. The number of hydrogen-bond acceptors (Lipinski definition) is 5. The molecule has 0 atom stereocenters. The van der Waals surface area contributed by atoms with Crippen LogP contribution in [-0.2, 0) is 10.0 Å². The first-order valence-corrected chi connectivity index (χ1v) is 12.9. The van der Waals surface area contributed by atoms with Crippen molar-refractivity contribution in [2.45, 2.75) is 23.8 Å². The molecule has 1 fully saturated rings. The van der Waals surface area contributed by atoms with Gasteiger partial charge in [-0.15, -0.1) is 0 Å². The van der Waals surface area contributed by atoms with Crippen LogP contribution in [-0.4, -0.2) is 46.6 Å². The average Bonchev–Trinajstić information content (AvgIpc) is 3.23. The molecule has 0 radical (unpaired) electrons. The van der Waals surface area contributed by atoms with E-state index < -0.39 is 10.0 Å². The van der Waals surface area contributed by atoms with Crippen LogP contribution in [0.3, 0.4) is 0 Å². The highest BCUT2D eigenvalue weighted by Crippen LogP contribution is 2.35. The fraction of sp³-hybridized carbons (Fsp3) is 0.208. The summed E-state index contributed by atoms with van der Waals surface area (Å²) in [6.07, 6.45) is 3.39. The molecule has 1 aliphatic heterocycles. The van der Waals surface area contributed by atoms with Crippen molar-refractivity contribution in [3.05, 3.63) is 76.4 Å². The van der Waals surface area contributed by atoms with Crippen LogP contribution in [0, 0.1) is 0 Å². The minimum absolute atomic E-state index is 0.0151. The molecule has 174 valence electrons. The summed E-state index contributed by atoms with van der Waals surface area (Å²) in [7, 11) is -3.74. The number of benzene rings is 2. The second-order valence-corrected chi connectivity index (χ2v) is 10.9. The molecule has 5 rings (SSSR count). The van der Waals surface area contributed by atoms with E-state index in [1.165, 1.54) is 22.5 Å². The monoisotopic (exact) mass is 514 g/mol. The smallest absolute Gasteiger partial charge is 0.243 e. The normalized spacial score (nSPS) is 15.6. The van der Waals surface area contributed by atoms with E-state index in [2.05, 4.69) is 9.55 Å². The number of aromatic nitrogens is 3. The van der Waals surface area contributed by atoms with Crippen LogP contribution < -0.4 is 0 Å². The second-order valence-electron chi connectivity index (χ2n) is 8.10. The number of nitrogens with zero attached hydrogens (tertiary/aromatic N) is 4. The summed E-state index contributed by atoms with van der Waals surface area (Å²) in [6, 6.07) is 15.8. The lowest BCUT2D eigenvalue weighted by Crippen LogP contribution is -2.39. The summed E-state index contributed by atoms with van der Waals surface area (Å²) in [5.74, 6) is 0.780. The van der Waals surface area contributed by atoms with Gasteiger partial charge in [-0.3, -0.25) is 4.79 Å². The van der Waals surface area contributed by atoms with Crippen molar-refractivity contribution in [3.8, 4) is 11.4 Å². The molecule has 0 spiro atoms. The van der Waals surface area contributed by atoms with E-state index in [1.807, 2.05) is 30.3 Å². The number of rotatable bonds is 5. The Morgan fingerprint density at radius 2 is 1.74 bits per heavy atom. The molecule has 0 saturated carbocycles. The van der Waals surface area contributed by atoms with Crippen molar-refractivity contribution >= 4 is 50.7 Å². The topological polar surface area (TPSA) is 85.2 Å². The quantitative estimate of drug-likeness (QED) is 0.339. The number of imidazole rings is 1. The van der Waals surface area contributed by atoms with Crippen molar-refractivity contribution in [2.24, 2.45) is 0 Å². The Morgan fingerprint density at radius 1 is 1.00 bits per heavy atom. The van der Waals surface area contributed by atoms with Gasteiger partial charge in [0.05, 0.1) is 14.9 Å². The first-order chi connectivity index (χ1) is 16.4. The van der Waals surface area contributed by atoms with Gasteiger partial charge in [-0.1, -0.05) is 53.5 Å². The summed E-state index contributed by atoms with van der Waals surface area (Å²) in [4.78, 5) is 20.4. The maximum Gasteiger partial charge on any atom is 0.243 e. The van der Waals surface area contributed by atoms with Gasteiger partial charge < -0.3 is 4.57 Å². The number of halogens is 2. The number of aldehydes is 1. The number of carbonyl (C=O) groups excluding carboxylic acids is 1. The highest BCUT2D eigenvalue weighted by atomic mass is 35.5. The molecule has 4 aromatic rings. The molecule has 7 nitrogen and oxygen atoms in total. The fourth-order valence-electron chi connectivity index (χ4n) is 4.35. The minimum atomic E-state index is -3.74. The van der Waals surface area contributed by atoms with E-state index in [1.54, 1.807) is 12.3 Å².